The van der Waals surface area contributed by atoms with Crippen molar-refractivity contribution < 1.29 is 25.2 Å². The third kappa shape index (κ3) is 4.17. The minimum absolute atomic E-state index is 0.609. The minimum Gasteiger partial charge on any atom is -0.394 e. The largest absolute Gasteiger partial charge is 0.394 e. The van der Waals surface area contributed by atoms with E-state index in [2.05, 4.69) is 10.0 Å². The summed E-state index contributed by atoms with van der Waals surface area (Å²) in [6, 6.07) is 0. The summed E-state index contributed by atoms with van der Waals surface area (Å²) in [5, 5.41) is 38.1. The van der Waals surface area contributed by atoms with E-state index < -0.39 is 37.2 Å². The van der Waals surface area contributed by atoms with E-state index in [9.17, 15) is 4.79 Å². The maximum Gasteiger partial charge on any atom is 0.221 e. The molecule has 0 aliphatic heterocycles. The molecule has 3 atom stereocenters. The van der Waals surface area contributed by atoms with E-state index in [1.165, 1.54) is 0 Å². The smallest absolute Gasteiger partial charge is 0.221 e. The molecule has 0 aromatic heterocycles. The molecule has 80 valence electrons. The molecule has 0 aliphatic rings. The van der Waals surface area contributed by atoms with Gasteiger partial charge < -0.3 is 20.4 Å². The van der Waals surface area contributed by atoms with Crippen LogP contribution in [0.25, 0.3) is 10.4 Å². The Morgan fingerprint density at radius 3 is 2.36 bits per heavy atom. The average Bonchev–Trinajstić information content (AvgIpc) is 2.15. The molecule has 0 rings (SSSR count). The number of carbonyl (C=O) groups is 1. The van der Waals surface area contributed by atoms with E-state index in [1.807, 2.05) is 0 Å². The predicted molar refractivity (Wildman–Crippen MR) is 43.9 cm³/mol. The summed E-state index contributed by atoms with van der Waals surface area (Å²) in [4.78, 5) is 12.8. The summed E-state index contributed by atoms with van der Waals surface area (Å²) < 4.78 is 0. The number of nitrogens with zero attached hydrogens (tertiary/aromatic N) is 3. The number of hydrogen-bond acceptors (Lipinski definition) is 5. The van der Waals surface area contributed by atoms with Gasteiger partial charge in [0.05, 0.1) is 12.7 Å². The highest BCUT2D eigenvalue weighted by Gasteiger charge is 2.25. The lowest BCUT2D eigenvalue weighted by atomic mass is 10.1. The van der Waals surface area contributed by atoms with E-state index in [4.69, 9.17) is 26.0 Å². The molecular formula is C6H11N3O5. The molecule has 8 nitrogen and oxygen atoms in total. The van der Waals surface area contributed by atoms with Crippen molar-refractivity contribution in [2.24, 2.45) is 5.11 Å². The molecule has 0 aromatic rings. The molecule has 0 fully saturated rings. The Bertz CT molecular complexity index is 240. The lowest BCUT2D eigenvalue weighted by Crippen LogP contribution is -2.40. The highest BCUT2D eigenvalue weighted by molar-refractivity contribution is 5.77. The van der Waals surface area contributed by atoms with Gasteiger partial charge in [0.1, 0.15) is 12.2 Å². The van der Waals surface area contributed by atoms with Crippen molar-refractivity contribution in [1.82, 2.24) is 0 Å². The highest BCUT2D eigenvalue weighted by Crippen LogP contribution is 2.05. The zero-order chi connectivity index (χ0) is 11.1. The fraction of sp³-hybridized carbons (Fsp3) is 0.833. The zero-order valence-electron chi connectivity index (χ0n) is 7.19. The number of hydrogen-bond donors (Lipinski definition) is 4. The Kier molecular flexibility index (Phi) is 5.77. The van der Waals surface area contributed by atoms with E-state index in [-0.39, 0.29) is 0 Å². The van der Waals surface area contributed by atoms with E-state index in [1.54, 1.807) is 0 Å². The molecule has 0 aliphatic carbocycles. The zero-order valence-corrected chi connectivity index (χ0v) is 7.19. The van der Waals surface area contributed by atoms with Crippen LogP contribution in [0.4, 0.5) is 0 Å². The molecule has 0 radical (unpaired) electrons. The van der Waals surface area contributed by atoms with Crippen LogP contribution in [0.3, 0.4) is 0 Å². The van der Waals surface area contributed by atoms with E-state index in [0.717, 1.165) is 0 Å². The Morgan fingerprint density at radius 1 is 1.36 bits per heavy atom. The van der Waals surface area contributed by atoms with Gasteiger partial charge in [0, 0.05) is 11.3 Å². The molecule has 0 saturated carbocycles. The molecule has 0 saturated heterocycles. The predicted octanol–water partition coefficient (Wildman–Crippen LogP) is -1.71. The minimum atomic E-state index is -1.65. The van der Waals surface area contributed by atoms with Gasteiger partial charge in [-0.3, -0.25) is 4.79 Å². The third-order valence-electron chi connectivity index (χ3n) is 1.52. The van der Waals surface area contributed by atoms with Gasteiger partial charge in [0.25, 0.3) is 0 Å². The number of carbonyl (C=O) groups excluding carboxylic acids is 1. The number of aliphatic hydroxyl groups is 4. The summed E-state index contributed by atoms with van der Waals surface area (Å²) in [7, 11) is 0. The first-order chi connectivity index (χ1) is 6.52. The highest BCUT2D eigenvalue weighted by atomic mass is 16.4. The number of amides is 1. The first kappa shape index (κ1) is 12.8. The monoisotopic (exact) mass is 205 g/mol. The van der Waals surface area contributed by atoms with Crippen molar-refractivity contribution in [2.75, 3.05) is 6.61 Å². The Morgan fingerprint density at radius 2 is 1.93 bits per heavy atom. The fourth-order valence-corrected chi connectivity index (χ4v) is 0.755. The van der Waals surface area contributed by atoms with Crippen LogP contribution in [0.5, 0.6) is 0 Å². The topological polar surface area (TPSA) is 147 Å². The van der Waals surface area contributed by atoms with Gasteiger partial charge in [-0.15, -0.1) is 0 Å². The van der Waals surface area contributed by atoms with Gasteiger partial charge in [-0.1, -0.05) is 0 Å². The molecule has 0 unspecified atom stereocenters. The first-order valence-corrected chi connectivity index (χ1v) is 3.76. The molecule has 0 spiro atoms. The third-order valence-corrected chi connectivity index (χ3v) is 1.52. The maximum atomic E-state index is 10.6. The van der Waals surface area contributed by atoms with Gasteiger partial charge in [-0.2, -0.15) is 0 Å². The fourth-order valence-electron chi connectivity index (χ4n) is 0.755. The van der Waals surface area contributed by atoms with Gasteiger partial charge in [0.2, 0.25) is 5.91 Å². The van der Waals surface area contributed by atoms with Gasteiger partial charge in [-0.25, -0.2) is 0 Å². The molecular weight excluding hydrogens is 194 g/mol. The maximum absolute atomic E-state index is 10.6. The van der Waals surface area contributed by atoms with Crippen LogP contribution in [0, 0.1) is 0 Å². The molecule has 4 N–H and O–H groups in total. The normalized spacial score (nSPS) is 16.6. The first-order valence-electron chi connectivity index (χ1n) is 3.76. The second-order valence-corrected chi connectivity index (χ2v) is 2.60. The van der Waals surface area contributed by atoms with Gasteiger partial charge >= 0.3 is 0 Å². The van der Waals surface area contributed by atoms with Crippen LogP contribution < -0.4 is 0 Å². The number of azide groups is 1. The van der Waals surface area contributed by atoms with Crippen LogP contribution in [0.1, 0.15) is 6.42 Å². The Balaban J connectivity index is 4.13. The number of aliphatic hydroxyl groups excluding tert-OH is 4. The van der Waals surface area contributed by atoms with Crippen molar-refractivity contribution in [3.8, 4) is 0 Å². The van der Waals surface area contributed by atoms with Crippen molar-refractivity contribution in [3.63, 3.8) is 0 Å². The van der Waals surface area contributed by atoms with E-state index in [0.29, 0.717) is 0 Å². The summed E-state index contributed by atoms with van der Waals surface area (Å²) in [5.74, 6) is -0.954. The van der Waals surface area contributed by atoms with Crippen LogP contribution in [-0.4, -0.2) is 51.3 Å². The van der Waals surface area contributed by atoms with Crippen molar-refractivity contribution in [1.29, 1.82) is 0 Å². The lowest BCUT2D eigenvalue weighted by Gasteiger charge is -2.20. The quantitative estimate of drug-likeness (QED) is 0.239. The van der Waals surface area contributed by atoms with Gasteiger partial charge in [-0.05, 0) is 10.6 Å². The van der Waals surface area contributed by atoms with Crippen molar-refractivity contribution >= 4 is 5.91 Å². The van der Waals surface area contributed by atoms with Crippen molar-refractivity contribution in [3.05, 3.63) is 10.4 Å². The van der Waals surface area contributed by atoms with Gasteiger partial charge in [0.15, 0.2) is 0 Å². The van der Waals surface area contributed by atoms with E-state index >= 15 is 0 Å². The average molecular weight is 205 g/mol. The molecule has 0 heterocycles. The van der Waals surface area contributed by atoms with Crippen LogP contribution >= 0.6 is 0 Å². The molecule has 0 bridgehead atoms. The molecule has 14 heavy (non-hydrogen) atoms. The summed E-state index contributed by atoms with van der Waals surface area (Å²) in [5.41, 5.74) is 7.85. The molecule has 0 aromatic carbocycles. The van der Waals surface area contributed by atoms with Crippen LogP contribution in [0.2, 0.25) is 0 Å². The second kappa shape index (κ2) is 6.30. The summed E-state index contributed by atoms with van der Waals surface area (Å²) in [6.07, 6.45) is -5.38. The second-order valence-electron chi connectivity index (χ2n) is 2.60. The summed E-state index contributed by atoms with van der Waals surface area (Å²) >= 11 is 0. The van der Waals surface area contributed by atoms with Crippen molar-refractivity contribution in [2.45, 2.75) is 24.7 Å². The number of rotatable bonds is 5. The van der Waals surface area contributed by atoms with Crippen LogP contribution in [0.15, 0.2) is 5.11 Å². The summed E-state index contributed by atoms with van der Waals surface area (Å²) in [6.45, 7) is -0.742. The Labute approximate surface area is 79.0 Å². The SMILES string of the molecule is [N-]=[N+]=NC(=O)C[C@@H](O)[C@H](O)[C@H](O)CO. The Hall–Kier alpha value is -1.18. The molecule has 1 amide bonds. The standard InChI is InChI=1S/C6H11N3O5/c7-9-8-5(13)1-3(11)6(14)4(12)2-10/h3-4,6,10-12,14H,1-2H2/t3-,4-,6+/m1/s1. The van der Waals surface area contributed by atoms with Crippen LogP contribution in [-0.2, 0) is 4.79 Å². The molecule has 8 heteroatoms. The lowest BCUT2D eigenvalue weighted by molar-refractivity contribution is -0.125.